The van der Waals surface area contributed by atoms with Crippen LogP contribution < -0.4 is 10.6 Å². The van der Waals surface area contributed by atoms with Crippen molar-refractivity contribution in [3.8, 4) is 11.9 Å². The van der Waals surface area contributed by atoms with Gasteiger partial charge in [-0.25, -0.2) is 9.78 Å². The molecule has 2 heterocycles. The smallest absolute Gasteiger partial charge is 0.308 e. The molecule has 2 amide bonds. The van der Waals surface area contributed by atoms with Gasteiger partial charge < -0.3 is 5.32 Å². The molecular weight excluding hydrogens is 388 g/mol. The molecule has 0 unspecified atom stereocenters. The van der Waals surface area contributed by atoms with Crippen LogP contribution in [0.15, 0.2) is 60.8 Å². The predicted octanol–water partition coefficient (Wildman–Crippen LogP) is 4.90. The van der Waals surface area contributed by atoms with Crippen molar-refractivity contribution in [1.82, 2.24) is 14.8 Å². The average molecular weight is 403 g/mol. The molecule has 4 rings (SSSR count). The van der Waals surface area contributed by atoms with Gasteiger partial charge >= 0.3 is 6.03 Å². The highest BCUT2D eigenvalue weighted by atomic mass is 35.5. The van der Waals surface area contributed by atoms with Gasteiger partial charge in [-0.2, -0.15) is 15.0 Å². The van der Waals surface area contributed by atoms with Crippen LogP contribution in [0.4, 0.5) is 16.3 Å². The Balaban J connectivity index is 1.69. The summed E-state index contributed by atoms with van der Waals surface area (Å²) in [6, 6.07) is 17.9. The van der Waals surface area contributed by atoms with Crippen molar-refractivity contribution in [1.29, 1.82) is 5.26 Å². The second kappa shape index (κ2) is 7.62. The number of pyridine rings is 1. The Morgan fingerprint density at radius 2 is 1.97 bits per heavy atom. The van der Waals surface area contributed by atoms with E-state index in [4.69, 9.17) is 11.6 Å². The summed E-state index contributed by atoms with van der Waals surface area (Å²) < 4.78 is 1.44. The number of amides is 2. The third-order valence-electron chi connectivity index (χ3n) is 4.33. The lowest BCUT2D eigenvalue weighted by Gasteiger charge is -2.12. The van der Waals surface area contributed by atoms with Gasteiger partial charge in [-0.3, -0.25) is 5.32 Å². The minimum Gasteiger partial charge on any atom is -0.308 e. The van der Waals surface area contributed by atoms with Crippen molar-refractivity contribution >= 4 is 40.0 Å². The Kier molecular flexibility index (Phi) is 4.85. The molecule has 0 atom stereocenters. The van der Waals surface area contributed by atoms with Gasteiger partial charge in [0.1, 0.15) is 11.6 Å². The van der Waals surface area contributed by atoms with Crippen molar-refractivity contribution in [3.05, 3.63) is 76.9 Å². The van der Waals surface area contributed by atoms with Gasteiger partial charge in [0.2, 0.25) is 0 Å². The topological polar surface area (TPSA) is 95.6 Å². The fraction of sp³-hybridized carbons (Fsp3) is 0.0476. The summed E-state index contributed by atoms with van der Waals surface area (Å²) in [7, 11) is 0. The molecule has 0 fully saturated rings. The lowest BCUT2D eigenvalue weighted by molar-refractivity contribution is 0.262. The van der Waals surface area contributed by atoms with Gasteiger partial charge in [0, 0.05) is 16.1 Å². The number of anilines is 2. The van der Waals surface area contributed by atoms with Crippen molar-refractivity contribution < 1.29 is 4.79 Å². The lowest BCUT2D eigenvalue weighted by atomic mass is 10.1. The largest absolute Gasteiger partial charge is 0.324 e. The molecule has 142 valence electrons. The highest BCUT2D eigenvalue weighted by molar-refractivity contribution is 6.30. The molecule has 0 radical (unpaired) electrons. The van der Waals surface area contributed by atoms with Gasteiger partial charge in [0.25, 0.3) is 0 Å². The molecule has 0 aliphatic heterocycles. The van der Waals surface area contributed by atoms with Gasteiger partial charge in [-0.15, -0.1) is 0 Å². The van der Waals surface area contributed by atoms with E-state index in [0.717, 1.165) is 16.5 Å². The van der Waals surface area contributed by atoms with Crippen molar-refractivity contribution in [2.24, 2.45) is 0 Å². The zero-order valence-corrected chi connectivity index (χ0v) is 16.1. The van der Waals surface area contributed by atoms with Crippen LogP contribution in [0.25, 0.3) is 16.7 Å². The molecule has 29 heavy (non-hydrogen) atoms. The normalized spacial score (nSPS) is 10.5. The summed E-state index contributed by atoms with van der Waals surface area (Å²) >= 11 is 5.95. The molecule has 2 aromatic heterocycles. The van der Waals surface area contributed by atoms with E-state index in [0.29, 0.717) is 16.5 Å². The Morgan fingerprint density at radius 1 is 1.14 bits per heavy atom. The molecule has 4 aromatic rings. The summed E-state index contributed by atoms with van der Waals surface area (Å²) in [6.45, 7) is 1.97. The standard InChI is InChI=1S/C21H15ClN6O/c1-13-9-19(26-18-8-3-2-7-17(13)18)28-20(14(11-23)12-24-28)27-21(29)25-16-6-4-5-15(22)10-16/h2-10,12H,1H3,(H2,25,27,29). The van der Waals surface area contributed by atoms with Crippen LogP contribution in [0.5, 0.6) is 0 Å². The Labute approximate surface area is 171 Å². The zero-order valence-electron chi connectivity index (χ0n) is 15.3. The molecule has 0 aliphatic carbocycles. The molecule has 2 aromatic carbocycles. The lowest BCUT2D eigenvalue weighted by Crippen LogP contribution is -2.22. The number of urea groups is 1. The molecule has 0 saturated carbocycles. The van der Waals surface area contributed by atoms with Crippen LogP contribution in [0, 0.1) is 18.3 Å². The van der Waals surface area contributed by atoms with E-state index in [9.17, 15) is 10.1 Å². The summed E-state index contributed by atoms with van der Waals surface area (Å²) in [5, 5.41) is 20.6. The van der Waals surface area contributed by atoms with Gasteiger partial charge in [-0.1, -0.05) is 35.9 Å². The number of nitriles is 1. The van der Waals surface area contributed by atoms with E-state index in [2.05, 4.69) is 20.7 Å². The molecule has 0 spiro atoms. The number of aryl methyl sites for hydroxylation is 1. The number of aromatic nitrogens is 3. The van der Waals surface area contributed by atoms with E-state index in [1.165, 1.54) is 10.9 Å². The van der Waals surface area contributed by atoms with Crippen molar-refractivity contribution in [2.45, 2.75) is 6.92 Å². The van der Waals surface area contributed by atoms with Gasteiger partial charge in [0.15, 0.2) is 11.6 Å². The first kappa shape index (κ1) is 18.5. The minimum absolute atomic E-state index is 0.221. The second-order valence-corrected chi connectivity index (χ2v) is 6.77. The third kappa shape index (κ3) is 3.74. The zero-order chi connectivity index (χ0) is 20.4. The van der Waals surface area contributed by atoms with Crippen LogP contribution in [-0.2, 0) is 0 Å². The number of halogens is 1. The number of hydrogen-bond acceptors (Lipinski definition) is 4. The highest BCUT2D eigenvalue weighted by Crippen LogP contribution is 2.24. The number of benzene rings is 2. The van der Waals surface area contributed by atoms with Crippen LogP contribution >= 0.6 is 11.6 Å². The van der Waals surface area contributed by atoms with E-state index in [1.54, 1.807) is 24.3 Å². The molecule has 2 N–H and O–H groups in total. The van der Waals surface area contributed by atoms with Crippen LogP contribution in [0.3, 0.4) is 0 Å². The summed E-state index contributed by atoms with van der Waals surface area (Å²) in [6.07, 6.45) is 1.39. The van der Waals surface area contributed by atoms with E-state index < -0.39 is 6.03 Å². The first-order valence-corrected chi connectivity index (χ1v) is 9.11. The third-order valence-corrected chi connectivity index (χ3v) is 4.57. The fourth-order valence-corrected chi connectivity index (χ4v) is 3.19. The Hall–Kier alpha value is -3.89. The SMILES string of the molecule is Cc1cc(-n2ncc(C#N)c2NC(=O)Nc2cccc(Cl)c2)nc2ccccc12. The first-order chi connectivity index (χ1) is 14.0. The molecule has 0 aliphatic rings. The number of hydrogen-bond donors (Lipinski definition) is 2. The highest BCUT2D eigenvalue weighted by Gasteiger charge is 2.17. The first-order valence-electron chi connectivity index (χ1n) is 8.73. The fourth-order valence-electron chi connectivity index (χ4n) is 3.00. The molecule has 0 saturated heterocycles. The maximum absolute atomic E-state index is 12.5. The summed E-state index contributed by atoms with van der Waals surface area (Å²) in [4.78, 5) is 17.1. The second-order valence-electron chi connectivity index (χ2n) is 6.33. The number of carbonyl (C=O) groups is 1. The molecule has 7 nitrogen and oxygen atoms in total. The molecule has 8 heteroatoms. The van der Waals surface area contributed by atoms with E-state index >= 15 is 0 Å². The maximum Gasteiger partial charge on any atom is 0.324 e. The van der Waals surface area contributed by atoms with Crippen molar-refractivity contribution in [2.75, 3.05) is 10.6 Å². The monoisotopic (exact) mass is 402 g/mol. The summed E-state index contributed by atoms with van der Waals surface area (Å²) in [5.74, 6) is 0.731. The number of para-hydroxylation sites is 1. The number of nitrogens with zero attached hydrogens (tertiary/aromatic N) is 4. The average Bonchev–Trinajstić information content (AvgIpc) is 3.10. The number of carbonyl (C=O) groups excluding carboxylic acids is 1. The van der Waals surface area contributed by atoms with Gasteiger partial charge in [0.05, 0.1) is 11.7 Å². The minimum atomic E-state index is -0.525. The van der Waals surface area contributed by atoms with Gasteiger partial charge in [-0.05, 0) is 42.8 Å². The summed E-state index contributed by atoms with van der Waals surface area (Å²) in [5.41, 5.74) is 2.55. The van der Waals surface area contributed by atoms with Crippen molar-refractivity contribution in [3.63, 3.8) is 0 Å². The number of nitrogens with one attached hydrogen (secondary N) is 2. The quantitative estimate of drug-likeness (QED) is 0.509. The van der Waals surface area contributed by atoms with E-state index in [-0.39, 0.29) is 11.4 Å². The van der Waals surface area contributed by atoms with Crippen LogP contribution in [0.1, 0.15) is 11.1 Å². The number of fused-ring (bicyclic) bond motifs is 1. The van der Waals surface area contributed by atoms with Crippen LogP contribution in [-0.4, -0.2) is 20.8 Å². The Bertz CT molecular complexity index is 1270. The van der Waals surface area contributed by atoms with Crippen LogP contribution in [0.2, 0.25) is 5.02 Å². The number of rotatable bonds is 3. The maximum atomic E-state index is 12.5. The Morgan fingerprint density at radius 3 is 2.76 bits per heavy atom. The molecular formula is C21H15ClN6O. The van der Waals surface area contributed by atoms with E-state index in [1.807, 2.05) is 43.3 Å². The predicted molar refractivity (Wildman–Crippen MR) is 112 cm³/mol. The molecule has 0 bridgehead atoms.